The lowest BCUT2D eigenvalue weighted by molar-refractivity contribution is 0.627. The zero-order valence-corrected chi connectivity index (χ0v) is 35.9. The average molecular weight is 887 g/mol. The highest BCUT2D eigenvalue weighted by molar-refractivity contribution is 6.21. The quantitative estimate of drug-likeness (QED) is 0.173. The van der Waals surface area contributed by atoms with Gasteiger partial charge < -0.3 is 9.97 Å². The van der Waals surface area contributed by atoms with E-state index in [9.17, 15) is 17.6 Å². The number of rotatable bonds is 4. The summed E-state index contributed by atoms with van der Waals surface area (Å²) in [5.41, 5.74) is 14.7. The first-order valence-electron chi connectivity index (χ1n) is 22.2. The predicted octanol–water partition coefficient (Wildman–Crippen LogP) is 16.5. The van der Waals surface area contributed by atoms with Gasteiger partial charge in [0.1, 0.15) is 23.3 Å². The minimum Gasteiger partial charge on any atom is -0.353 e. The van der Waals surface area contributed by atoms with Gasteiger partial charge in [-0.25, -0.2) is 27.5 Å². The van der Waals surface area contributed by atoms with E-state index in [0.717, 1.165) is 110 Å². The lowest BCUT2D eigenvalue weighted by atomic mass is 9.93. The zero-order chi connectivity index (χ0) is 45.6. The van der Waals surface area contributed by atoms with Gasteiger partial charge in [-0.05, 0) is 70.8 Å². The summed E-state index contributed by atoms with van der Waals surface area (Å²) in [7, 11) is 0. The molecule has 0 saturated heterocycles. The Morgan fingerprint density at radius 2 is 0.456 bits per heavy atom. The number of hydrogen-bond acceptors (Lipinski definition) is 2. The van der Waals surface area contributed by atoms with Crippen LogP contribution in [0.3, 0.4) is 0 Å². The molecule has 0 spiro atoms. The third kappa shape index (κ3) is 6.14. The van der Waals surface area contributed by atoms with E-state index in [4.69, 9.17) is 9.97 Å². The first-order valence-corrected chi connectivity index (χ1v) is 22.2. The number of aromatic nitrogens is 4. The van der Waals surface area contributed by atoms with Crippen LogP contribution in [-0.2, 0) is 0 Å². The number of nitrogens with zero attached hydrogens (tertiary/aromatic N) is 2. The van der Waals surface area contributed by atoms with E-state index in [1.807, 2.05) is 72.8 Å². The first-order chi connectivity index (χ1) is 33.4. The van der Waals surface area contributed by atoms with Crippen molar-refractivity contribution in [1.29, 1.82) is 0 Å². The van der Waals surface area contributed by atoms with Crippen molar-refractivity contribution in [3.05, 3.63) is 217 Å². The molecule has 0 fully saturated rings. The number of nitrogens with one attached hydrogen (secondary N) is 2. The van der Waals surface area contributed by atoms with Crippen molar-refractivity contribution >= 4 is 43.6 Å². The minimum atomic E-state index is -0.379. The molecule has 0 amide bonds. The molecule has 0 saturated carbocycles. The maximum atomic E-state index is 15.0. The van der Waals surface area contributed by atoms with Gasteiger partial charge in [0.05, 0.1) is 44.8 Å². The molecule has 68 heavy (non-hydrogen) atoms. The van der Waals surface area contributed by atoms with E-state index in [2.05, 4.69) is 34.2 Å². The number of aromatic amines is 2. The molecule has 4 heterocycles. The predicted molar refractivity (Wildman–Crippen MR) is 266 cm³/mol. The highest BCUT2D eigenvalue weighted by atomic mass is 19.1. The molecule has 8 aromatic carbocycles. The van der Waals surface area contributed by atoms with Crippen LogP contribution < -0.4 is 0 Å². The van der Waals surface area contributed by atoms with Crippen LogP contribution >= 0.6 is 0 Å². The molecule has 4 nitrogen and oxygen atoms in total. The molecule has 2 aliphatic heterocycles. The zero-order valence-electron chi connectivity index (χ0n) is 35.9. The average Bonchev–Trinajstić information content (AvgIpc) is 4.14. The summed E-state index contributed by atoms with van der Waals surface area (Å²) in [5, 5.41) is 3.49. The largest absolute Gasteiger partial charge is 0.353 e. The Morgan fingerprint density at radius 3 is 0.676 bits per heavy atom. The molecule has 8 heteroatoms. The smallest absolute Gasteiger partial charge is 0.123 e. The SMILES string of the molecule is Fc1ccc(-c2c3nc(c(-c4ccc(F)cc4)c4[nH]c(c(-c5ccc(F)cc5)c5nc(c(-c6ccc(F)cc6)c6[nH]c2c2ccccc62)-c2ccccc2-5)c2ccccc42)-c2ccccc2-3)cc1. The van der Waals surface area contributed by atoms with Crippen LogP contribution in [0.5, 0.6) is 0 Å². The molecule has 2 N–H and O–H groups in total. The van der Waals surface area contributed by atoms with Crippen LogP contribution in [0, 0.1) is 23.3 Å². The Bertz CT molecular complexity index is 3520. The number of H-pyrrole nitrogens is 2. The Kier molecular flexibility index (Phi) is 8.92. The molecule has 3 aliphatic rings. The fourth-order valence-corrected chi connectivity index (χ4v) is 10.2. The van der Waals surface area contributed by atoms with Gasteiger partial charge in [-0.15, -0.1) is 0 Å². The maximum absolute atomic E-state index is 15.0. The van der Waals surface area contributed by atoms with E-state index in [1.165, 1.54) is 48.5 Å². The second kappa shape index (κ2) is 15.4. The molecule has 0 unspecified atom stereocenters. The van der Waals surface area contributed by atoms with E-state index in [0.29, 0.717) is 22.8 Å². The summed E-state index contributed by atoms with van der Waals surface area (Å²) >= 11 is 0. The van der Waals surface area contributed by atoms with Gasteiger partial charge in [-0.1, -0.05) is 146 Å². The van der Waals surface area contributed by atoms with Crippen LogP contribution in [0.1, 0.15) is 0 Å². The molecular weight excluding hydrogens is 853 g/mol. The van der Waals surface area contributed by atoms with Gasteiger partial charge in [0.15, 0.2) is 0 Å². The Balaban J connectivity index is 1.38. The normalized spacial score (nSPS) is 11.8. The second-order valence-corrected chi connectivity index (χ2v) is 17.1. The van der Waals surface area contributed by atoms with Gasteiger partial charge in [0.25, 0.3) is 0 Å². The summed E-state index contributed by atoms with van der Waals surface area (Å²) in [6, 6.07) is 58.1. The summed E-state index contributed by atoms with van der Waals surface area (Å²) in [4.78, 5) is 19.2. The second-order valence-electron chi connectivity index (χ2n) is 17.1. The van der Waals surface area contributed by atoms with Crippen LogP contribution in [0.2, 0.25) is 0 Å². The third-order valence-corrected chi connectivity index (χ3v) is 13.2. The lowest BCUT2D eigenvalue weighted by Crippen LogP contribution is -1.88. The lowest BCUT2D eigenvalue weighted by Gasteiger charge is -2.09. The Morgan fingerprint density at radius 1 is 0.250 bits per heavy atom. The van der Waals surface area contributed by atoms with Crippen molar-refractivity contribution in [3.63, 3.8) is 0 Å². The van der Waals surface area contributed by atoms with Crippen LogP contribution in [0.25, 0.3) is 133 Å². The topological polar surface area (TPSA) is 57.4 Å². The molecule has 1 aliphatic carbocycles. The maximum Gasteiger partial charge on any atom is 0.123 e. The highest BCUT2D eigenvalue weighted by Crippen LogP contribution is 2.51. The van der Waals surface area contributed by atoms with Gasteiger partial charge in [0, 0.05) is 66.1 Å². The molecular formula is C60H34F4N4. The van der Waals surface area contributed by atoms with E-state index >= 15 is 0 Å². The van der Waals surface area contributed by atoms with Crippen molar-refractivity contribution in [2.45, 2.75) is 0 Å². The fraction of sp³-hybridized carbons (Fsp3) is 0. The summed E-state index contributed by atoms with van der Waals surface area (Å²) in [6.45, 7) is 0. The van der Waals surface area contributed by atoms with Crippen molar-refractivity contribution < 1.29 is 17.6 Å². The fourth-order valence-electron chi connectivity index (χ4n) is 10.2. The Labute approximate surface area is 386 Å². The van der Waals surface area contributed by atoms with Crippen molar-refractivity contribution in [2.75, 3.05) is 0 Å². The number of halogens is 4. The molecule has 2 aromatic heterocycles. The van der Waals surface area contributed by atoms with Gasteiger partial charge in [0.2, 0.25) is 0 Å². The van der Waals surface area contributed by atoms with Crippen LogP contribution in [0.4, 0.5) is 17.6 Å². The van der Waals surface area contributed by atoms with E-state index in [1.54, 1.807) is 48.5 Å². The number of benzene rings is 8. The molecule has 0 radical (unpaired) electrons. The van der Waals surface area contributed by atoms with Crippen molar-refractivity contribution in [3.8, 4) is 89.5 Å². The van der Waals surface area contributed by atoms with Crippen molar-refractivity contribution in [1.82, 2.24) is 19.9 Å². The van der Waals surface area contributed by atoms with Crippen LogP contribution in [0.15, 0.2) is 194 Å². The highest BCUT2D eigenvalue weighted by Gasteiger charge is 2.30. The van der Waals surface area contributed by atoms with E-state index < -0.39 is 0 Å². The molecule has 10 aromatic rings. The van der Waals surface area contributed by atoms with Gasteiger partial charge in [-0.2, -0.15) is 0 Å². The van der Waals surface area contributed by atoms with E-state index in [-0.39, 0.29) is 23.3 Å². The van der Waals surface area contributed by atoms with Gasteiger partial charge >= 0.3 is 0 Å². The third-order valence-electron chi connectivity index (χ3n) is 13.2. The monoisotopic (exact) mass is 886 g/mol. The molecule has 8 bridgehead atoms. The van der Waals surface area contributed by atoms with Crippen molar-refractivity contribution in [2.24, 2.45) is 0 Å². The molecule has 0 atom stereocenters. The standard InChI is InChI=1S/C60H34F4N4/c61-37-25-17-33(18-26-37)49-53-41-9-1-2-10-42(41)54(65-53)50(34-19-27-38(62)28-20-34)56-45-13-5-6-14-46(45)58(67-56)52(36-23-31-40(64)32-24-36)60-48-16-8-7-15-47(48)59(68-60)51(35-21-29-39(63)30-22-35)57-44-12-4-3-11-43(44)55(49)66-57/h1-32,65,68H. The van der Waals surface area contributed by atoms with Gasteiger partial charge in [-0.3, -0.25) is 0 Å². The van der Waals surface area contributed by atoms with Crippen LogP contribution in [-0.4, -0.2) is 19.9 Å². The first kappa shape index (κ1) is 39.5. The summed E-state index contributed by atoms with van der Waals surface area (Å²) in [5.74, 6) is -1.52. The minimum absolute atomic E-state index is 0.379. The molecule has 322 valence electrons. The summed E-state index contributed by atoms with van der Waals surface area (Å²) in [6.07, 6.45) is 0. The summed E-state index contributed by atoms with van der Waals surface area (Å²) < 4.78 is 59.8. The molecule has 13 rings (SSSR count). The number of hydrogen-bond donors (Lipinski definition) is 2. The Hall–Kier alpha value is -8.88.